The van der Waals surface area contributed by atoms with Gasteiger partial charge in [0.15, 0.2) is 6.61 Å². The topological polar surface area (TPSA) is 79.8 Å². The van der Waals surface area contributed by atoms with Crippen molar-refractivity contribution in [3.63, 3.8) is 0 Å². The van der Waals surface area contributed by atoms with Gasteiger partial charge in [-0.25, -0.2) is 5.43 Å². The van der Waals surface area contributed by atoms with Gasteiger partial charge in [-0.15, -0.1) is 0 Å². The van der Waals surface area contributed by atoms with E-state index in [-0.39, 0.29) is 12.5 Å². The first-order valence-corrected chi connectivity index (χ1v) is 10.5. The number of hydrogen-bond acceptors (Lipinski definition) is 4. The van der Waals surface area contributed by atoms with E-state index in [0.29, 0.717) is 37.8 Å². The van der Waals surface area contributed by atoms with E-state index in [1.165, 1.54) is 6.07 Å². The molecule has 0 unspecified atom stereocenters. The van der Waals surface area contributed by atoms with Crippen LogP contribution in [0, 0.1) is 0 Å². The van der Waals surface area contributed by atoms with Crippen LogP contribution in [0.15, 0.2) is 71.8 Å². The second-order valence-corrected chi connectivity index (χ2v) is 7.92. The average Bonchev–Trinajstić information content (AvgIpc) is 2.77. The van der Waals surface area contributed by atoms with Crippen LogP contribution in [0.25, 0.3) is 0 Å². The fraction of sp³-hybridized carbons (Fsp3) is 0.0870. The molecule has 0 aromatic heterocycles. The van der Waals surface area contributed by atoms with Gasteiger partial charge in [-0.3, -0.25) is 9.59 Å². The SMILES string of the molecule is CC(=NNC(=O)COc1ccc(Cl)cc1Cl)c1cccc(NC(=O)c2ccc(Cl)cc2)c1. The first-order chi connectivity index (χ1) is 15.3. The molecule has 0 bridgehead atoms. The molecule has 2 amide bonds. The average molecular weight is 491 g/mol. The smallest absolute Gasteiger partial charge is 0.277 e. The van der Waals surface area contributed by atoms with Crippen molar-refractivity contribution in [2.75, 3.05) is 11.9 Å². The summed E-state index contributed by atoms with van der Waals surface area (Å²) in [6.45, 7) is 1.46. The molecule has 0 spiro atoms. The highest BCUT2D eigenvalue weighted by Gasteiger charge is 2.09. The number of hydrazone groups is 1. The van der Waals surface area contributed by atoms with Gasteiger partial charge in [0.1, 0.15) is 5.75 Å². The lowest BCUT2D eigenvalue weighted by Crippen LogP contribution is -2.25. The van der Waals surface area contributed by atoms with Crippen LogP contribution in [0.1, 0.15) is 22.8 Å². The van der Waals surface area contributed by atoms with Gasteiger partial charge >= 0.3 is 0 Å². The quantitative estimate of drug-likeness (QED) is 0.323. The Morgan fingerprint density at radius 1 is 0.906 bits per heavy atom. The maximum absolute atomic E-state index is 12.4. The monoisotopic (exact) mass is 489 g/mol. The molecular weight excluding hydrogens is 473 g/mol. The molecule has 2 N–H and O–H groups in total. The number of amides is 2. The van der Waals surface area contributed by atoms with Crippen LogP contribution in [0.2, 0.25) is 15.1 Å². The van der Waals surface area contributed by atoms with Crippen LogP contribution in [0.3, 0.4) is 0 Å². The van der Waals surface area contributed by atoms with Crippen molar-refractivity contribution in [1.82, 2.24) is 5.43 Å². The van der Waals surface area contributed by atoms with Crippen LogP contribution in [0.5, 0.6) is 5.75 Å². The summed E-state index contributed by atoms with van der Waals surface area (Å²) in [5, 5.41) is 8.24. The van der Waals surface area contributed by atoms with Crippen LogP contribution in [0.4, 0.5) is 5.69 Å². The summed E-state index contributed by atoms with van der Waals surface area (Å²) in [4.78, 5) is 24.4. The number of benzene rings is 3. The molecule has 0 saturated carbocycles. The second kappa shape index (κ2) is 11.0. The number of ether oxygens (including phenoxy) is 1. The van der Waals surface area contributed by atoms with E-state index in [1.54, 1.807) is 61.5 Å². The van der Waals surface area contributed by atoms with Crippen molar-refractivity contribution in [1.29, 1.82) is 0 Å². The summed E-state index contributed by atoms with van der Waals surface area (Å²) in [7, 11) is 0. The zero-order chi connectivity index (χ0) is 23.1. The molecule has 3 aromatic carbocycles. The first-order valence-electron chi connectivity index (χ1n) is 9.40. The van der Waals surface area contributed by atoms with E-state index in [4.69, 9.17) is 39.5 Å². The normalized spacial score (nSPS) is 11.1. The fourth-order valence-corrected chi connectivity index (χ4v) is 3.19. The lowest BCUT2D eigenvalue weighted by Gasteiger charge is -2.09. The zero-order valence-corrected chi connectivity index (χ0v) is 19.1. The zero-order valence-electron chi connectivity index (χ0n) is 16.9. The number of carbonyl (C=O) groups is 2. The maximum Gasteiger partial charge on any atom is 0.277 e. The van der Waals surface area contributed by atoms with Crippen molar-refractivity contribution < 1.29 is 14.3 Å². The summed E-state index contributed by atoms with van der Waals surface area (Å²) >= 11 is 17.7. The number of nitrogens with one attached hydrogen (secondary N) is 2. The molecule has 3 rings (SSSR count). The minimum absolute atomic E-state index is 0.264. The van der Waals surface area contributed by atoms with E-state index in [2.05, 4.69) is 15.8 Å². The number of carbonyl (C=O) groups excluding carboxylic acids is 2. The molecule has 164 valence electrons. The predicted octanol–water partition coefficient (Wildman–Crippen LogP) is 5.82. The number of hydrogen-bond donors (Lipinski definition) is 2. The van der Waals surface area contributed by atoms with Crippen molar-refractivity contribution >= 4 is 58.0 Å². The summed E-state index contributed by atoms with van der Waals surface area (Å²) in [6.07, 6.45) is 0. The van der Waals surface area contributed by atoms with Gasteiger partial charge in [0, 0.05) is 21.3 Å². The molecule has 3 aromatic rings. The Balaban J connectivity index is 1.58. The Morgan fingerprint density at radius 3 is 2.34 bits per heavy atom. The predicted molar refractivity (Wildman–Crippen MR) is 128 cm³/mol. The number of anilines is 1. The van der Waals surface area contributed by atoms with Crippen molar-refractivity contribution in [3.05, 3.63) is 92.9 Å². The number of halogens is 3. The third kappa shape index (κ3) is 6.72. The fourth-order valence-electron chi connectivity index (χ4n) is 2.61. The first kappa shape index (κ1) is 23.6. The number of nitrogens with zero attached hydrogens (tertiary/aromatic N) is 1. The molecule has 0 saturated heterocycles. The Labute approximate surface area is 200 Å². The minimum atomic E-state index is -0.456. The molecule has 0 heterocycles. The highest BCUT2D eigenvalue weighted by Crippen LogP contribution is 2.27. The van der Waals surface area contributed by atoms with E-state index in [0.717, 1.165) is 5.56 Å². The minimum Gasteiger partial charge on any atom is -0.482 e. The number of rotatable bonds is 7. The van der Waals surface area contributed by atoms with Crippen molar-refractivity contribution in [2.45, 2.75) is 6.92 Å². The molecule has 6 nitrogen and oxygen atoms in total. The van der Waals surface area contributed by atoms with Gasteiger partial charge in [-0.05, 0) is 67.1 Å². The highest BCUT2D eigenvalue weighted by molar-refractivity contribution is 6.35. The molecule has 0 aliphatic carbocycles. The molecule has 0 atom stereocenters. The van der Waals surface area contributed by atoms with Gasteiger partial charge in [-0.2, -0.15) is 5.10 Å². The van der Waals surface area contributed by atoms with Gasteiger partial charge < -0.3 is 10.1 Å². The van der Waals surface area contributed by atoms with Gasteiger partial charge in [-0.1, -0.05) is 46.9 Å². The van der Waals surface area contributed by atoms with Crippen molar-refractivity contribution in [3.8, 4) is 5.75 Å². The van der Waals surface area contributed by atoms with E-state index in [1.807, 2.05) is 6.07 Å². The molecule has 0 fully saturated rings. The molecule has 32 heavy (non-hydrogen) atoms. The molecule has 0 aliphatic heterocycles. The lowest BCUT2D eigenvalue weighted by molar-refractivity contribution is -0.123. The van der Waals surface area contributed by atoms with Crippen LogP contribution in [-0.4, -0.2) is 24.1 Å². The van der Waals surface area contributed by atoms with Crippen LogP contribution in [-0.2, 0) is 4.79 Å². The van der Waals surface area contributed by atoms with Crippen molar-refractivity contribution in [2.24, 2.45) is 5.10 Å². The molecular formula is C23H18Cl3N3O3. The second-order valence-electron chi connectivity index (χ2n) is 6.64. The summed E-state index contributed by atoms with van der Waals surface area (Å²) in [5.74, 6) is -0.377. The Hall–Kier alpha value is -3.06. The van der Waals surface area contributed by atoms with E-state index >= 15 is 0 Å². The van der Waals surface area contributed by atoms with E-state index in [9.17, 15) is 9.59 Å². The molecule has 9 heteroatoms. The summed E-state index contributed by atoms with van der Waals surface area (Å²) in [6, 6.07) is 18.4. The summed E-state index contributed by atoms with van der Waals surface area (Å²) in [5.41, 5.74) is 4.77. The largest absolute Gasteiger partial charge is 0.482 e. The summed E-state index contributed by atoms with van der Waals surface area (Å²) < 4.78 is 5.38. The lowest BCUT2D eigenvalue weighted by atomic mass is 10.1. The standard InChI is InChI=1S/C23H18Cl3N3O3/c1-14(28-29-22(30)13-32-21-10-9-18(25)12-20(21)26)16-3-2-4-19(11-16)27-23(31)15-5-7-17(24)8-6-15/h2-12H,13H2,1H3,(H,27,31)(H,29,30). The Kier molecular flexibility index (Phi) is 8.11. The Bertz CT molecular complexity index is 1160. The third-order valence-corrected chi connectivity index (χ3v) is 5.03. The van der Waals surface area contributed by atoms with Crippen LogP contribution < -0.4 is 15.5 Å². The van der Waals surface area contributed by atoms with E-state index < -0.39 is 5.91 Å². The highest BCUT2D eigenvalue weighted by atomic mass is 35.5. The maximum atomic E-state index is 12.4. The molecule has 0 aliphatic rings. The van der Waals surface area contributed by atoms with Gasteiger partial charge in [0.2, 0.25) is 0 Å². The van der Waals surface area contributed by atoms with Crippen LogP contribution >= 0.6 is 34.8 Å². The third-order valence-electron chi connectivity index (χ3n) is 4.25. The molecule has 0 radical (unpaired) electrons. The Morgan fingerprint density at radius 2 is 1.62 bits per heavy atom. The van der Waals surface area contributed by atoms with Gasteiger partial charge in [0.05, 0.1) is 10.7 Å². The van der Waals surface area contributed by atoms with Gasteiger partial charge in [0.25, 0.3) is 11.8 Å².